The molecule has 2 N–H and O–H groups in total. The summed E-state index contributed by atoms with van der Waals surface area (Å²) in [6.07, 6.45) is 8.63. The fraction of sp³-hybridized carbons (Fsp3) is 0.846. The van der Waals surface area contributed by atoms with E-state index < -0.39 is 12.0 Å². The first-order valence-corrected chi connectivity index (χ1v) is 6.75. The highest BCUT2D eigenvalue weighted by atomic mass is 16.5. The van der Waals surface area contributed by atoms with Crippen molar-refractivity contribution in [1.29, 1.82) is 0 Å². The molecule has 1 aliphatic carbocycles. The second kappa shape index (κ2) is 5.69. The highest BCUT2D eigenvalue weighted by molar-refractivity contribution is 5.76. The average molecular weight is 255 g/mol. The van der Waals surface area contributed by atoms with E-state index in [2.05, 4.69) is 5.32 Å². The largest absolute Gasteiger partial charge is 0.480 e. The molecule has 1 spiro atoms. The number of amides is 1. The van der Waals surface area contributed by atoms with E-state index in [9.17, 15) is 9.59 Å². The van der Waals surface area contributed by atoms with Crippen LogP contribution in [0.15, 0.2) is 0 Å². The molecule has 1 saturated carbocycles. The van der Waals surface area contributed by atoms with Gasteiger partial charge in [-0.25, -0.2) is 4.79 Å². The van der Waals surface area contributed by atoms with E-state index in [1.165, 1.54) is 19.3 Å². The summed E-state index contributed by atoms with van der Waals surface area (Å²) < 4.78 is 6.10. The molecular formula is C13H21NO4. The number of carboxylic acids is 1. The molecule has 0 aromatic rings. The summed E-state index contributed by atoms with van der Waals surface area (Å²) in [5, 5.41) is 11.3. The van der Waals surface area contributed by atoms with E-state index in [-0.39, 0.29) is 11.7 Å². The fourth-order valence-corrected chi connectivity index (χ4v) is 3.21. The van der Waals surface area contributed by atoms with Crippen LogP contribution in [0.1, 0.15) is 51.4 Å². The standard InChI is InChI=1S/C13H21NO4/c15-9-14-11(12(16)17)8-10-4-7-13(18-10)5-2-1-3-6-13/h9-11H,1-8H2,(H,14,15)(H,16,17). The van der Waals surface area contributed by atoms with Crippen LogP contribution in [-0.2, 0) is 14.3 Å². The molecule has 5 nitrogen and oxygen atoms in total. The fourth-order valence-electron chi connectivity index (χ4n) is 3.21. The molecule has 2 aliphatic rings. The van der Waals surface area contributed by atoms with Crippen molar-refractivity contribution in [3.8, 4) is 0 Å². The van der Waals surface area contributed by atoms with Crippen LogP contribution in [0.3, 0.4) is 0 Å². The minimum absolute atomic E-state index is 0.00709. The van der Waals surface area contributed by atoms with Crippen molar-refractivity contribution in [2.24, 2.45) is 0 Å². The molecule has 2 rings (SSSR count). The lowest BCUT2D eigenvalue weighted by atomic mass is 9.83. The van der Waals surface area contributed by atoms with Gasteiger partial charge >= 0.3 is 5.97 Å². The molecule has 102 valence electrons. The maximum Gasteiger partial charge on any atom is 0.326 e. The van der Waals surface area contributed by atoms with Crippen LogP contribution >= 0.6 is 0 Å². The monoisotopic (exact) mass is 255 g/mol. The van der Waals surface area contributed by atoms with Crippen LogP contribution in [0.5, 0.6) is 0 Å². The average Bonchev–Trinajstić information content (AvgIpc) is 2.72. The van der Waals surface area contributed by atoms with Gasteiger partial charge in [0.25, 0.3) is 0 Å². The molecule has 2 atom stereocenters. The van der Waals surface area contributed by atoms with Crippen molar-refractivity contribution in [3.05, 3.63) is 0 Å². The zero-order valence-corrected chi connectivity index (χ0v) is 10.6. The number of hydrogen-bond donors (Lipinski definition) is 2. The summed E-state index contributed by atoms with van der Waals surface area (Å²) >= 11 is 0. The molecule has 1 heterocycles. The second-order valence-corrected chi connectivity index (χ2v) is 5.43. The van der Waals surface area contributed by atoms with Crippen molar-refractivity contribution < 1.29 is 19.4 Å². The Morgan fingerprint density at radius 3 is 2.72 bits per heavy atom. The van der Waals surface area contributed by atoms with Crippen LogP contribution in [0.25, 0.3) is 0 Å². The topological polar surface area (TPSA) is 75.6 Å². The van der Waals surface area contributed by atoms with Gasteiger partial charge in [0.05, 0.1) is 11.7 Å². The first kappa shape index (κ1) is 13.3. The molecule has 2 fully saturated rings. The van der Waals surface area contributed by atoms with E-state index in [1.54, 1.807) is 0 Å². The Labute approximate surface area is 107 Å². The maximum atomic E-state index is 11.0. The second-order valence-electron chi connectivity index (χ2n) is 5.43. The summed E-state index contributed by atoms with van der Waals surface area (Å²) in [4.78, 5) is 21.3. The van der Waals surface area contributed by atoms with Crippen LogP contribution in [0.4, 0.5) is 0 Å². The zero-order valence-electron chi connectivity index (χ0n) is 10.6. The van der Waals surface area contributed by atoms with Gasteiger partial charge in [-0.2, -0.15) is 0 Å². The number of carbonyl (C=O) groups excluding carboxylic acids is 1. The Kier molecular flexibility index (Phi) is 4.22. The predicted octanol–water partition coefficient (Wildman–Crippen LogP) is 1.46. The molecular weight excluding hydrogens is 234 g/mol. The third kappa shape index (κ3) is 3.02. The van der Waals surface area contributed by atoms with Crippen molar-refractivity contribution >= 4 is 12.4 Å². The third-order valence-electron chi connectivity index (χ3n) is 4.17. The molecule has 0 radical (unpaired) electrons. The minimum atomic E-state index is -0.990. The van der Waals surface area contributed by atoms with Crippen LogP contribution < -0.4 is 5.32 Å². The molecule has 0 bridgehead atoms. The first-order chi connectivity index (χ1) is 8.65. The quantitative estimate of drug-likeness (QED) is 0.729. The number of nitrogens with one attached hydrogen (secondary N) is 1. The van der Waals surface area contributed by atoms with Gasteiger partial charge in [-0.1, -0.05) is 19.3 Å². The lowest BCUT2D eigenvalue weighted by Crippen LogP contribution is -2.39. The molecule has 18 heavy (non-hydrogen) atoms. The van der Waals surface area contributed by atoms with Crippen molar-refractivity contribution in [3.63, 3.8) is 0 Å². The number of rotatable bonds is 5. The van der Waals surface area contributed by atoms with Gasteiger partial charge in [-0.05, 0) is 25.7 Å². The van der Waals surface area contributed by atoms with Gasteiger partial charge in [0.15, 0.2) is 0 Å². The highest BCUT2D eigenvalue weighted by Gasteiger charge is 2.41. The Bertz CT molecular complexity index is 312. The SMILES string of the molecule is O=CNC(CC1CCC2(CCCCC2)O1)C(=O)O. The minimum Gasteiger partial charge on any atom is -0.480 e. The van der Waals surface area contributed by atoms with Crippen molar-refractivity contribution in [2.45, 2.75) is 69.1 Å². The van der Waals surface area contributed by atoms with E-state index in [4.69, 9.17) is 9.84 Å². The van der Waals surface area contributed by atoms with Gasteiger partial charge in [-0.15, -0.1) is 0 Å². The molecule has 2 unspecified atom stereocenters. The number of aliphatic carboxylic acids is 1. The Hall–Kier alpha value is -1.10. The summed E-state index contributed by atoms with van der Waals surface area (Å²) in [6.45, 7) is 0. The van der Waals surface area contributed by atoms with Gasteiger partial charge < -0.3 is 15.2 Å². The van der Waals surface area contributed by atoms with Crippen LogP contribution in [-0.4, -0.2) is 35.2 Å². The smallest absolute Gasteiger partial charge is 0.326 e. The van der Waals surface area contributed by atoms with Crippen LogP contribution in [0, 0.1) is 0 Å². The molecule has 0 aromatic carbocycles. The molecule has 0 aromatic heterocycles. The van der Waals surface area contributed by atoms with Crippen molar-refractivity contribution in [1.82, 2.24) is 5.32 Å². The van der Waals surface area contributed by atoms with E-state index in [0.29, 0.717) is 12.8 Å². The van der Waals surface area contributed by atoms with Gasteiger partial charge in [0, 0.05) is 6.42 Å². The Morgan fingerprint density at radius 1 is 1.39 bits per heavy atom. The number of hydrogen-bond acceptors (Lipinski definition) is 3. The number of ether oxygens (including phenoxy) is 1. The Balaban J connectivity index is 1.87. The van der Waals surface area contributed by atoms with E-state index >= 15 is 0 Å². The number of carbonyl (C=O) groups is 2. The van der Waals surface area contributed by atoms with Gasteiger partial charge in [-0.3, -0.25) is 4.79 Å². The summed E-state index contributed by atoms with van der Waals surface area (Å²) in [5.74, 6) is -0.990. The molecule has 1 aliphatic heterocycles. The van der Waals surface area contributed by atoms with Gasteiger partial charge in [0.2, 0.25) is 6.41 Å². The molecule has 5 heteroatoms. The molecule has 1 saturated heterocycles. The Morgan fingerprint density at radius 2 is 2.11 bits per heavy atom. The number of carboxylic acid groups (broad SMARTS) is 1. The molecule has 1 amide bonds. The lowest BCUT2D eigenvalue weighted by molar-refractivity contribution is -0.142. The normalized spacial score (nSPS) is 27.9. The highest BCUT2D eigenvalue weighted by Crippen LogP contribution is 2.42. The van der Waals surface area contributed by atoms with Gasteiger partial charge in [0.1, 0.15) is 6.04 Å². The van der Waals surface area contributed by atoms with E-state index in [1.807, 2.05) is 0 Å². The maximum absolute atomic E-state index is 11.0. The first-order valence-electron chi connectivity index (χ1n) is 6.75. The predicted molar refractivity (Wildman–Crippen MR) is 65.2 cm³/mol. The summed E-state index contributed by atoms with van der Waals surface area (Å²) in [6, 6.07) is -0.828. The summed E-state index contributed by atoms with van der Waals surface area (Å²) in [5.41, 5.74) is 0.00709. The zero-order chi connectivity index (χ0) is 13.0. The third-order valence-corrected chi connectivity index (χ3v) is 4.17. The van der Waals surface area contributed by atoms with E-state index in [0.717, 1.165) is 25.7 Å². The lowest BCUT2D eigenvalue weighted by Gasteiger charge is -2.33. The van der Waals surface area contributed by atoms with Crippen molar-refractivity contribution in [2.75, 3.05) is 0 Å². The van der Waals surface area contributed by atoms with Crippen LogP contribution in [0.2, 0.25) is 0 Å². The summed E-state index contributed by atoms with van der Waals surface area (Å²) in [7, 11) is 0.